The van der Waals surface area contributed by atoms with Gasteiger partial charge in [0.05, 0.1) is 17.6 Å². The number of hydrogen-bond donors (Lipinski definition) is 0. The van der Waals surface area contributed by atoms with Gasteiger partial charge in [0.1, 0.15) is 0 Å². The number of hydrogen-bond acceptors (Lipinski definition) is 4. The molecule has 0 radical (unpaired) electrons. The van der Waals surface area contributed by atoms with E-state index in [2.05, 4.69) is 4.90 Å². The molecule has 1 aliphatic heterocycles. The Labute approximate surface area is 131 Å². The SMILES string of the molecule is Cc1ccc(S(=O)(=O)N(C)CC2CN(C)CCO2)cc1Cl. The summed E-state index contributed by atoms with van der Waals surface area (Å²) in [6, 6.07) is 4.80. The van der Waals surface area contributed by atoms with Crippen LogP contribution < -0.4 is 0 Å². The minimum Gasteiger partial charge on any atom is -0.374 e. The maximum Gasteiger partial charge on any atom is 0.242 e. The van der Waals surface area contributed by atoms with E-state index in [1.807, 2.05) is 14.0 Å². The minimum absolute atomic E-state index is 0.107. The number of nitrogens with zero attached hydrogens (tertiary/aromatic N) is 2. The molecule has 1 heterocycles. The van der Waals surface area contributed by atoms with Crippen LogP contribution in [0.1, 0.15) is 5.56 Å². The lowest BCUT2D eigenvalue weighted by molar-refractivity contribution is -0.0247. The molecule has 0 amide bonds. The largest absolute Gasteiger partial charge is 0.374 e. The molecule has 118 valence electrons. The summed E-state index contributed by atoms with van der Waals surface area (Å²) in [6.07, 6.45) is -0.107. The van der Waals surface area contributed by atoms with Crippen molar-refractivity contribution in [2.24, 2.45) is 0 Å². The average Bonchev–Trinajstić information content (AvgIpc) is 2.41. The molecule has 1 aliphatic rings. The standard InChI is InChI=1S/C14H21ClN2O3S/c1-11-4-5-13(8-14(11)15)21(18,19)17(3)10-12-9-16(2)6-7-20-12/h4-5,8,12H,6-7,9-10H2,1-3H3. The van der Waals surface area contributed by atoms with Crippen LogP contribution in [0.3, 0.4) is 0 Å². The monoisotopic (exact) mass is 332 g/mol. The summed E-state index contributed by atoms with van der Waals surface area (Å²) in [7, 11) is 0.0295. The van der Waals surface area contributed by atoms with Crippen molar-refractivity contribution in [2.75, 3.05) is 40.3 Å². The highest BCUT2D eigenvalue weighted by Gasteiger charge is 2.26. The van der Waals surface area contributed by atoms with Gasteiger partial charge in [0.15, 0.2) is 0 Å². The topological polar surface area (TPSA) is 49.9 Å². The van der Waals surface area contributed by atoms with Gasteiger partial charge in [0.25, 0.3) is 0 Å². The van der Waals surface area contributed by atoms with Gasteiger partial charge in [-0.2, -0.15) is 4.31 Å². The lowest BCUT2D eigenvalue weighted by atomic mass is 10.2. The number of aryl methyl sites for hydroxylation is 1. The van der Waals surface area contributed by atoms with Crippen LogP contribution in [-0.4, -0.2) is 64.1 Å². The highest BCUT2D eigenvalue weighted by atomic mass is 35.5. The molecular formula is C14H21ClN2O3S. The van der Waals surface area contributed by atoms with Crippen LogP contribution in [0.2, 0.25) is 5.02 Å². The van der Waals surface area contributed by atoms with Crippen molar-refractivity contribution >= 4 is 21.6 Å². The lowest BCUT2D eigenvalue weighted by Gasteiger charge is -2.32. The number of halogens is 1. The summed E-state index contributed by atoms with van der Waals surface area (Å²) in [5.74, 6) is 0. The summed E-state index contributed by atoms with van der Waals surface area (Å²) in [5.41, 5.74) is 0.857. The average molecular weight is 333 g/mol. The van der Waals surface area contributed by atoms with E-state index in [1.54, 1.807) is 19.2 Å². The Balaban J connectivity index is 2.12. The summed E-state index contributed by atoms with van der Waals surface area (Å²) in [6.45, 7) is 4.41. The van der Waals surface area contributed by atoms with Gasteiger partial charge in [-0.15, -0.1) is 0 Å². The quantitative estimate of drug-likeness (QED) is 0.840. The second-order valence-electron chi connectivity index (χ2n) is 5.45. The van der Waals surface area contributed by atoms with E-state index in [0.717, 1.165) is 18.7 Å². The van der Waals surface area contributed by atoms with E-state index in [1.165, 1.54) is 10.4 Å². The van der Waals surface area contributed by atoms with E-state index in [-0.39, 0.29) is 11.0 Å². The molecule has 0 aliphatic carbocycles. The fraction of sp³-hybridized carbons (Fsp3) is 0.571. The van der Waals surface area contributed by atoms with Gasteiger partial charge in [-0.1, -0.05) is 17.7 Å². The zero-order valence-corrected chi connectivity index (χ0v) is 14.1. The molecule has 1 unspecified atom stereocenters. The third-order valence-electron chi connectivity index (χ3n) is 3.65. The molecule has 1 fully saturated rings. The van der Waals surface area contributed by atoms with Crippen LogP contribution in [0.5, 0.6) is 0 Å². The predicted molar refractivity (Wildman–Crippen MR) is 83.2 cm³/mol. The van der Waals surface area contributed by atoms with Gasteiger partial charge in [-0.3, -0.25) is 0 Å². The number of benzene rings is 1. The fourth-order valence-electron chi connectivity index (χ4n) is 2.28. The molecule has 0 spiro atoms. The summed E-state index contributed by atoms with van der Waals surface area (Å²) in [5, 5.41) is 0.457. The van der Waals surface area contributed by atoms with Gasteiger partial charge in [-0.25, -0.2) is 8.42 Å². The first-order chi connectivity index (χ1) is 9.80. The molecule has 1 atom stereocenters. The number of ether oxygens (including phenoxy) is 1. The van der Waals surface area contributed by atoms with Crippen LogP contribution in [0.25, 0.3) is 0 Å². The molecule has 1 saturated heterocycles. The first kappa shape index (κ1) is 16.7. The Kier molecular flexibility index (Phi) is 5.27. The Morgan fingerprint density at radius 3 is 2.81 bits per heavy atom. The van der Waals surface area contributed by atoms with E-state index >= 15 is 0 Å². The first-order valence-corrected chi connectivity index (χ1v) is 8.65. The number of rotatable bonds is 4. The van der Waals surface area contributed by atoms with Crippen LogP contribution >= 0.6 is 11.6 Å². The van der Waals surface area contributed by atoms with Crippen molar-refractivity contribution in [1.29, 1.82) is 0 Å². The third kappa shape index (κ3) is 3.96. The van der Waals surface area contributed by atoms with E-state index in [0.29, 0.717) is 18.2 Å². The van der Waals surface area contributed by atoms with E-state index in [4.69, 9.17) is 16.3 Å². The first-order valence-electron chi connectivity index (χ1n) is 6.83. The molecule has 0 aromatic heterocycles. The molecule has 2 rings (SSSR count). The van der Waals surface area contributed by atoms with Crippen LogP contribution in [0, 0.1) is 6.92 Å². The van der Waals surface area contributed by atoms with Crippen LogP contribution in [0.15, 0.2) is 23.1 Å². The number of morpholine rings is 1. The van der Waals surface area contributed by atoms with Gasteiger partial charge < -0.3 is 9.64 Å². The maximum absolute atomic E-state index is 12.5. The summed E-state index contributed by atoms with van der Waals surface area (Å²) < 4.78 is 32.0. The molecule has 1 aromatic rings. The Hall–Kier alpha value is -0.660. The normalized spacial score (nSPS) is 20.9. The Morgan fingerprint density at radius 1 is 1.48 bits per heavy atom. The molecule has 7 heteroatoms. The second-order valence-corrected chi connectivity index (χ2v) is 7.90. The van der Waals surface area contributed by atoms with Crippen molar-refractivity contribution in [1.82, 2.24) is 9.21 Å². The van der Waals surface area contributed by atoms with Gasteiger partial charge in [0.2, 0.25) is 10.0 Å². The molecular weight excluding hydrogens is 312 g/mol. The number of likely N-dealkylation sites (N-methyl/N-ethyl adjacent to an activating group) is 2. The van der Waals surface area contributed by atoms with E-state index < -0.39 is 10.0 Å². The second kappa shape index (κ2) is 6.62. The molecule has 21 heavy (non-hydrogen) atoms. The fourth-order valence-corrected chi connectivity index (χ4v) is 3.75. The highest BCUT2D eigenvalue weighted by Crippen LogP contribution is 2.22. The predicted octanol–water partition coefficient (Wildman–Crippen LogP) is 1.60. The zero-order valence-electron chi connectivity index (χ0n) is 12.5. The molecule has 0 N–H and O–H groups in total. The van der Waals surface area contributed by atoms with Crippen LogP contribution in [-0.2, 0) is 14.8 Å². The maximum atomic E-state index is 12.5. The van der Waals surface area contributed by atoms with Crippen molar-refractivity contribution in [3.63, 3.8) is 0 Å². The van der Waals surface area contributed by atoms with Crippen LogP contribution in [0.4, 0.5) is 0 Å². The van der Waals surface area contributed by atoms with E-state index in [9.17, 15) is 8.42 Å². The highest BCUT2D eigenvalue weighted by molar-refractivity contribution is 7.89. The Morgan fingerprint density at radius 2 is 2.19 bits per heavy atom. The van der Waals surface area contributed by atoms with Gasteiger partial charge >= 0.3 is 0 Å². The minimum atomic E-state index is -3.54. The molecule has 1 aromatic carbocycles. The van der Waals surface area contributed by atoms with Crippen molar-refractivity contribution < 1.29 is 13.2 Å². The van der Waals surface area contributed by atoms with Crippen molar-refractivity contribution in [3.05, 3.63) is 28.8 Å². The Bertz CT molecular complexity index is 606. The number of sulfonamides is 1. The van der Waals surface area contributed by atoms with Crippen molar-refractivity contribution in [3.8, 4) is 0 Å². The molecule has 0 saturated carbocycles. The zero-order chi connectivity index (χ0) is 15.6. The summed E-state index contributed by atoms with van der Waals surface area (Å²) >= 11 is 6.02. The molecule has 5 nitrogen and oxygen atoms in total. The third-order valence-corrected chi connectivity index (χ3v) is 5.88. The smallest absolute Gasteiger partial charge is 0.242 e. The lowest BCUT2D eigenvalue weighted by Crippen LogP contribution is -2.46. The summed E-state index contributed by atoms with van der Waals surface area (Å²) in [4.78, 5) is 2.35. The van der Waals surface area contributed by atoms with Crippen molar-refractivity contribution in [2.45, 2.75) is 17.9 Å². The van der Waals surface area contributed by atoms with Gasteiger partial charge in [-0.05, 0) is 31.7 Å². The molecule has 0 bridgehead atoms. The van der Waals surface area contributed by atoms with Gasteiger partial charge in [0, 0.05) is 31.7 Å².